The highest BCUT2D eigenvalue weighted by atomic mass is 32.2. The van der Waals surface area contributed by atoms with Crippen molar-refractivity contribution in [1.29, 1.82) is 0 Å². The van der Waals surface area contributed by atoms with Gasteiger partial charge in [0.1, 0.15) is 6.04 Å². The lowest BCUT2D eigenvalue weighted by Gasteiger charge is -2.23. The van der Waals surface area contributed by atoms with Crippen molar-refractivity contribution < 1.29 is 14.7 Å². The molecule has 2 rings (SSSR count). The van der Waals surface area contributed by atoms with E-state index in [2.05, 4.69) is 0 Å². The number of carbonyl (C=O) groups is 2. The molecule has 0 aromatic rings. The van der Waals surface area contributed by atoms with Crippen LogP contribution in [-0.4, -0.2) is 39.6 Å². The molecule has 1 saturated heterocycles. The molecular weight excluding hydrogens is 214 g/mol. The molecule has 0 aromatic carbocycles. The van der Waals surface area contributed by atoms with Crippen LogP contribution < -0.4 is 0 Å². The molecule has 0 bridgehead atoms. The van der Waals surface area contributed by atoms with Gasteiger partial charge in [0.2, 0.25) is 5.91 Å². The third kappa shape index (κ3) is 2.02. The van der Waals surface area contributed by atoms with Crippen molar-refractivity contribution in [3.05, 3.63) is 12.2 Å². The smallest absolute Gasteiger partial charge is 0.327 e. The number of carboxylic acid groups (broad SMARTS) is 1. The van der Waals surface area contributed by atoms with Crippen molar-refractivity contribution in [2.24, 2.45) is 5.92 Å². The maximum atomic E-state index is 12.0. The Morgan fingerprint density at radius 3 is 2.60 bits per heavy atom. The molecule has 2 aliphatic rings. The number of hydrogen-bond acceptors (Lipinski definition) is 3. The van der Waals surface area contributed by atoms with Crippen LogP contribution in [0, 0.1) is 5.92 Å². The molecule has 4 nitrogen and oxygen atoms in total. The molecule has 0 aromatic heterocycles. The molecule has 1 aliphatic carbocycles. The number of carbonyl (C=O) groups excluding carboxylic acids is 1. The van der Waals surface area contributed by atoms with E-state index in [1.165, 1.54) is 16.7 Å². The number of carboxylic acids is 1. The average Bonchev–Trinajstić information content (AvgIpc) is 2.88. The molecule has 1 amide bonds. The minimum Gasteiger partial charge on any atom is -0.480 e. The maximum Gasteiger partial charge on any atom is 0.327 e. The van der Waals surface area contributed by atoms with E-state index in [4.69, 9.17) is 5.11 Å². The van der Waals surface area contributed by atoms with Gasteiger partial charge in [-0.05, 0) is 12.8 Å². The largest absolute Gasteiger partial charge is 0.480 e. The average molecular weight is 227 g/mol. The van der Waals surface area contributed by atoms with Gasteiger partial charge in [-0.2, -0.15) is 0 Å². The number of aliphatic carboxylic acids is 1. The predicted octanol–water partition coefficient (Wildman–Crippen LogP) is 0.939. The van der Waals surface area contributed by atoms with Crippen LogP contribution in [0.3, 0.4) is 0 Å². The summed E-state index contributed by atoms with van der Waals surface area (Å²) in [6, 6.07) is -0.622. The van der Waals surface area contributed by atoms with E-state index in [0.717, 1.165) is 12.8 Å². The number of thioether (sulfide) groups is 1. The van der Waals surface area contributed by atoms with E-state index in [1.807, 2.05) is 12.2 Å². The molecule has 5 heteroatoms. The van der Waals surface area contributed by atoms with E-state index in [0.29, 0.717) is 11.6 Å². The minimum absolute atomic E-state index is 0.00241. The molecule has 1 unspecified atom stereocenters. The first-order chi connectivity index (χ1) is 7.20. The van der Waals surface area contributed by atoms with Gasteiger partial charge < -0.3 is 10.0 Å². The van der Waals surface area contributed by atoms with Crippen molar-refractivity contribution >= 4 is 23.6 Å². The summed E-state index contributed by atoms with van der Waals surface area (Å²) < 4.78 is 0. The number of rotatable bonds is 2. The molecule has 1 N–H and O–H groups in total. The van der Waals surface area contributed by atoms with E-state index in [1.54, 1.807) is 0 Å². The highest BCUT2D eigenvalue weighted by Crippen LogP contribution is 2.27. The quantitative estimate of drug-likeness (QED) is 0.713. The van der Waals surface area contributed by atoms with Crippen LogP contribution in [0.1, 0.15) is 12.8 Å². The van der Waals surface area contributed by atoms with E-state index >= 15 is 0 Å². The molecule has 15 heavy (non-hydrogen) atoms. The zero-order chi connectivity index (χ0) is 10.8. The van der Waals surface area contributed by atoms with Gasteiger partial charge in [-0.1, -0.05) is 12.2 Å². The molecule has 0 radical (unpaired) electrons. The zero-order valence-corrected chi connectivity index (χ0v) is 9.07. The normalized spacial score (nSPS) is 26.1. The summed E-state index contributed by atoms with van der Waals surface area (Å²) in [6.07, 6.45) is 5.49. The van der Waals surface area contributed by atoms with Gasteiger partial charge in [0.05, 0.1) is 5.88 Å². The first-order valence-corrected chi connectivity index (χ1v) is 6.11. The van der Waals surface area contributed by atoms with Crippen LogP contribution in [-0.2, 0) is 9.59 Å². The van der Waals surface area contributed by atoms with E-state index < -0.39 is 12.0 Å². The number of hydrogen-bond donors (Lipinski definition) is 1. The van der Waals surface area contributed by atoms with Crippen LogP contribution in [0.2, 0.25) is 0 Å². The van der Waals surface area contributed by atoms with Crippen LogP contribution >= 0.6 is 11.8 Å². The SMILES string of the molecule is O=C(O)C1CSCN1C(=O)C1CC=CC1. The Bertz CT molecular complexity index is 308. The minimum atomic E-state index is -0.890. The fraction of sp³-hybridized carbons (Fsp3) is 0.600. The van der Waals surface area contributed by atoms with Gasteiger partial charge in [0.25, 0.3) is 0 Å². The standard InChI is InChI=1S/C10H13NO3S/c12-9(7-3-1-2-4-7)11-6-15-5-8(11)10(13)14/h1-2,7-8H,3-6H2,(H,13,14). The van der Waals surface area contributed by atoms with Gasteiger partial charge in [-0.15, -0.1) is 11.8 Å². The summed E-state index contributed by atoms with van der Waals surface area (Å²) in [7, 11) is 0. The third-order valence-corrected chi connectivity index (χ3v) is 3.82. The fourth-order valence-electron chi connectivity index (χ4n) is 1.92. The Morgan fingerprint density at radius 1 is 1.33 bits per heavy atom. The summed E-state index contributed by atoms with van der Waals surface area (Å²) >= 11 is 1.51. The maximum absolute atomic E-state index is 12.0. The third-order valence-electron chi connectivity index (χ3n) is 2.81. The van der Waals surface area contributed by atoms with Crippen LogP contribution in [0.15, 0.2) is 12.2 Å². The molecule has 1 heterocycles. The summed E-state index contributed by atoms with van der Waals surface area (Å²) in [5.41, 5.74) is 0. The van der Waals surface area contributed by atoms with Crippen LogP contribution in [0.4, 0.5) is 0 Å². The second kappa shape index (κ2) is 4.26. The fourth-order valence-corrected chi connectivity index (χ4v) is 3.07. The molecular formula is C10H13NO3S. The first kappa shape index (κ1) is 10.5. The summed E-state index contributed by atoms with van der Waals surface area (Å²) in [4.78, 5) is 24.4. The molecule has 0 spiro atoms. The lowest BCUT2D eigenvalue weighted by atomic mass is 10.1. The Balaban J connectivity index is 2.02. The molecule has 1 fully saturated rings. The molecule has 0 saturated carbocycles. The van der Waals surface area contributed by atoms with Crippen molar-refractivity contribution in [2.45, 2.75) is 18.9 Å². The van der Waals surface area contributed by atoms with Crippen LogP contribution in [0.25, 0.3) is 0 Å². The summed E-state index contributed by atoms with van der Waals surface area (Å²) in [5, 5.41) is 8.95. The highest BCUT2D eigenvalue weighted by molar-refractivity contribution is 7.99. The van der Waals surface area contributed by atoms with Gasteiger partial charge in [-0.3, -0.25) is 4.79 Å². The van der Waals surface area contributed by atoms with E-state index in [-0.39, 0.29) is 11.8 Å². The van der Waals surface area contributed by atoms with Crippen molar-refractivity contribution in [2.75, 3.05) is 11.6 Å². The number of amides is 1. The second-order valence-electron chi connectivity index (χ2n) is 3.80. The van der Waals surface area contributed by atoms with Crippen LogP contribution in [0.5, 0.6) is 0 Å². The number of nitrogens with zero attached hydrogens (tertiary/aromatic N) is 1. The summed E-state index contributed by atoms with van der Waals surface area (Å²) in [5.74, 6) is 0.121. The van der Waals surface area contributed by atoms with Gasteiger partial charge in [-0.25, -0.2) is 4.79 Å². The molecule has 1 aliphatic heterocycles. The lowest BCUT2D eigenvalue weighted by Crippen LogP contribution is -2.44. The molecule has 82 valence electrons. The van der Waals surface area contributed by atoms with Gasteiger partial charge in [0, 0.05) is 11.7 Å². The topological polar surface area (TPSA) is 57.6 Å². The molecule has 1 atom stereocenters. The van der Waals surface area contributed by atoms with Crippen molar-refractivity contribution in [1.82, 2.24) is 4.90 Å². The van der Waals surface area contributed by atoms with Crippen molar-refractivity contribution in [3.63, 3.8) is 0 Å². The number of allylic oxidation sites excluding steroid dienone is 2. The Morgan fingerprint density at radius 2 is 2.00 bits per heavy atom. The lowest BCUT2D eigenvalue weighted by molar-refractivity contribution is -0.149. The highest BCUT2D eigenvalue weighted by Gasteiger charge is 2.37. The second-order valence-corrected chi connectivity index (χ2v) is 4.80. The Labute approximate surface area is 92.3 Å². The Kier molecular flexibility index (Phi) is 3.00. The summed E-state index contributed by atoms with van der Waals surface area (Å²) in [6.45, 7) is 0. The van der Waals surface area contributed by atoms with Gasteiger partial charge in [0.15, 0.2) is 0 Å². The van der Waals surface area contributed by atoms with Gasteiger partial charge >= 0.3 is 5.97 Å². The Hall–Kier alpha value is -0.970. The van der Waals surface area contributed by atoms with Crippen molar-refractivity contribution in [3.8, 4) is 0 Å². The first-order valence-electron chi connectivity index (χ1n) is 4.96. The monoisotopic (exact) mass is 227 g/mol. The predicted molar refractivity (Wildman–Crippen MR) is 57.5 cm³/mol. The zero-order valence-electron chi connectivity index (χ0n) is 8.26. The van der Waals surface area contributed by atoms with E-state index in [9.17, 15) is 9.59 Å².